The Morgan fingerprint density at radius 1 is 1.13 bits per heavy atom. The maximum Gasteiger partial charge on any atom is 0.199 e. The van der Waals surface area contributed by atoms with E-state index in [9.17, 15) is 15.0 Å². The average molecular weight is 318 g/mol. The van der Waals surface area contributed by atoms with E-state index in [1.807, 2.05) is 0 Å². The Bertz CT molecular complexity index is 765. The predicted molar refractivity (Wildman–Crippen MR) is 83.9 cm³/mol. The molecule has 3 rings (SSSR count). The number of hydrogen-bond donors (Lipinski definition) is 3. The van der Waals surface area contributed by atoms with E-state index >= 15 is 0 Å². The van der Waals surface area contributed by atoms with Crippen molar-refractivity contribution < 1.29 is 24.5 Å². The van der Waals surface area contributed by atoms with Gasteiger partial charge in [-0.2, -0.15) is 0 Å². The first kappa shape index (κ1) is 15.9. The number of aliphatic hydroxyl groups excluding tert-OH is 3. The van der Waals surface area contributed by atoms with Gasteiger partial charge in [0.25, 0.3) is 0 Å². The van der Waals surface area contributed by atoms with Gasteiger partial charge in [-0.3, -0.25) is 4.79 Å². The molecule has 0 saturated carbocycles. The highest BCUT2D eigenvalue weighted by molar-refractivity contribution is 5.78. The lowest BCUT2D eigenvalue weighted by Gasteiger charge is -2.11. The van der Waals surface area contributed by atoms with Crippen molar-refractivity contribution in [3.63, 3.8) is 0 Å². The summed E-state index contributed by atoms with van der Waals surface area (Å²) in [5.41, 5.74) is 0.790. The van der Waals surface area contributed by atoms with Crippen LogP contribution in [0.15, 0.2) is 45.8 Å². The zero-order valence-electron chi connectivity index (χ0n) is 12.3. The van der Waals surface area contributed by atoms with Crippen molar-refractivity contribution >= 4 is 17.0 Å². The van der Waals surface area contributed by atoms with Crippen LogP contribution in [0.25, 0.3) is 17.0 Å². The first-order valence-corrected chi connectivity index (χ1v) is 7.41. The van der Waals surface area contributed by atoms with Gasteiger partial charge in [-0.05, 0) is 18.6 Å². The van der Waals surface area contributed by atoms with E-state index in [2.05, 4.69) is 0 Å². The van der Waals surface area contributed by atoms with Gasteiger partial charge in [0, 0.05) is 0 Å². The van der Waals surface area contributed by atoms with Crippen LogP contribution >= 0.6 is 0 Å². The first-order valence-electron chi connectivity index (χ1n) is 7.41. The Kier molecular flexibility index (Phi) is 4.58. The lowest BCUT2D eigenvalue weighted by Crippen LogP contribution is -2.33. The Labute approximate surface area is 132 Å². The van der Waals surface area contributed by atoms with Gasteiger partial charge in [0.1, 0.15) is 30.2 Å². The molecular weight excluding hydrogens is 300 g/mol. The van der Waals surface area contributed by atoms with Crippen molar-refractivity contribution in [1.82, 2.24) is 0 Å². The van der Waals surface area contributed by atoms with Crippen LogP contribution < -0.4 is 5.43 Å². The summed E-state index contributed by atoms with van der Waals surface area (Å²) >= 11 is 0. The maximum atomic E-state index is 12.3. The van der Waals surface area contributed by atoms with Gasteiger partial charge in [-0.25, -0.2) is 0 Å². The lowest BCUT2D eigenvalue weighted by atomic mass is 10.1. The molecule has 0 bridgehead atoms. The second kappa shape index (κ2) is 6.64. The van der Waals surface area contributed by atoms with E-state index in [4.69, 9.17) is 14.3 Å². The second-order valence-corrected chi connectivity index (χ2v) is 5.53. The summed E-state index contributed by atoms with van der Waals surface area (Å²) in [5.74, 6) is 0. The van der Waals surface area contributed by atoms with Crippen molar-refractivity contribution in [3.05, 3.63) is 52.4 Å². The number of fused-ring (bicyclic) bond motifs is 1. The molecule has 1 aliphatic heterocycles. The van der Waals surface area contributed by atoms with Crippen LogP contribution in [0.1, 0.15) is 12.0 Å². The molecule has 0 radical (unpaired) electrons. The van der Waals surface area contributed by atoms with Crippen molar-refractivity contribution in [3.8, 4) is 0 Å². The molecule has 3 N–H and O–H groups in total. The number of hydrogen-bond acceptors (Lipinski definition) is 6. The van der Waals surface area contributed by atoms with Crippen molar-refractivity contribution in [2.45, 2.75) is 30.8 Å². The standard InChI is InChI=1S/C17H18O6/c18-8-14-17(21)16(20)13(23-14)7-3-4-10-9-22-12-6-2-1-5-11(12)15(10)19/h1-6,9,13-14,16-18,20-21H,7-8H2/b4-3+/t13-,14+,16-,17+/m1/s1. The van der Waals surface area contributed by atoms with Crippen LogP contribution in [0.3, 0.4) is 0 Å². The molecule has 0 amide bonds. The summed E-state index contributed by atoms with van der Waals surface area (Å²) in [6.45, 7) is -0.354. The fraction of sp³-hybridized carbons (Fsp3) is 0.353. The maximum absolute atomic E-state index is 12.3. The van der Waals surface area contributed by atoms with Gasteiger partial charge in [0.2, 0.25) is 0 Å². The summed E-state index contributed by atoms with van der Waals surface area (Å²) < 4.78 is 10.8. The van der Waals surface area contributed by atoms with Gasteiger partial charge >= 0.3 is 0 Å². The van der Waals surface area contributed by atoms with Gasteiger partial charge in [0.15, 0.2) is 5.43 Å². The average Bonchev–Trinajstić information content (AvgIpc) is 2.85. The van der Waals surface area contributed by atoms with Crippen LogP contribution in [0.2, 0.25) is 0 Å². The normalized spacial score (nSPS) is 28.0. The third-order valence-corrected chi connectivity index (χ3v) is 4.01. The highest BCUT2D eigenvalue weighted by Crippen LogP contribution is 2.24. The fourth-order valence-electron chi connectivity index (χ4n) is 2.71. The number of ether oxygens (including phenoxy) is 1. The first-order chi connectivity index (χ1) is 11.1. The molecule has 23 heavy (non-hydrogen) atoms. The molecule has 1 aromatic carbocycles. The van der Waals surface area contributed by atoms with Crippen molar-refractivity contribution in [2.24, 2.45) is 0 Å². The molecule has 1 fully saturated rings. The largest absolute Gasteiger partial charge is 0.463 e. The minimum atomic E-state index is -1.11. The summed E-state index contributed by atoms with van der Waals surface area (Å²) in [7, 11) is 0. The molecule has 4 atom stereocenters. The summed E-state index contributed by atoms with van der Waals surface area (Å²) in [4.78, 5) is 12.3. The second-order valence-electron chi connectivity index (χ2n) is 5.53. The number of para-hydroxylation sites is 1. The molecule has 6 nitrogen and oxygen atoms in total. The topological polar surface area (TPSA) is 100 Å². The van der Waals surface area contributed by atoms with Crippen molar-refractivity contribution in [1.29, 1.82) is 0 Å². The van der Waals surface area contributed by atoms with Crippen LogP contribution in [0.5, 0.6) is 0 Å². The Morgan fingerprint density at radius 3 is 2.61 bits per heavy atom. The molecule has 0 spiro atoms. The Balaban J connectivity index is 1.74. The third-order valence-electron chi connectivity index (χ3n) is 4.01. The zero-order valence-corrected chi connectivity index (χ0v) is 12.3. The van der Waals surface area contributed by atoms with Gasteiger partial charge in [-0.1, -0.05) is 24.3 Å². The van der Waals surface area contributed by atoms with Crippen LogP contribution in [-0.2, 0) is 4.74 Å². The van der Waals surface area contributed by atoms with E-state index in [0.717, 1.165) is 0 Å². The van der Waals surface area contributed by atoms with E-state index in [0.29, 0.717) is 23.0 Å². The van der Waals surface area contributed by atoms with Crippen molar-refractivity contribution in [2.75, 3.05) is 6.61 Å². The SMILES string of the molecule is O=c1c(/C=C/C[C@H]2O[C@@H](CO)[C@H](O)[C@@H]2O)coc2ccccc12. The molecule has 2 aromatic rings. The van der Waals surface area contributed by atoms with E-state index < -0.39 is 24.4 Å². The van der Waals surface area contributed by atoms with Gasteiger partial charge in [-0.15, -0.1) is 0 Å². The molecular formula is C17H18O6. The highest BCUT2D eigenvalue weighted by atomic mass is 16.6. The molecule has 2 heterocycles. The van der Waals surface area contributed by atoms with E-state index in [1.54, 1.807) is 36.4 Å². The zero-order chi connectivity index (χ0) is 16.4. The summed E-state index contributed by atoms with van der Waals surface area (Å²) in [6, 6.07) is 6.99. The smallest absolute Gasteiger partial charge is 0.199 e. The van der Waals surface area contributed by atoms with E-state index in [-0.39, 0.29) is 12.0 Å². The van der Waals surface area contributed by atoms with Gasteiger partial charge < -0.3 is 24.5 Å². The molecule has 1 aliphatic rings. The number of aliphatic hydroxyl groups is 3. The highest BCUT2D eigenvalue weighted by Gasteiger charge is 2.41. The van der Waals surface area contributed by atoms with Gasteiger partial charge in [0.05, 0.1) is 23.7 Å². The fourth-order valence-corrected chi connectivity index (χ4v) is 2.71. The van der Waals surface area contributed by atoms with Crippen LogP contribution in [-0.4, -0.2) is 46.3 Å². The monoisotopic (exact) mass is 318 g/mol. The van der Waals surface area contributed by atoms with Crippen LogP contribution in [0.4, 0.5) is 0 Å². The quantitative estimate of drug-likeness (QED) is 0.766. The molecule has 0 unspecified atom stereocenters. The Hall–Kier alpha value is -1.99. The Morgan fingerprint density at radius 2 is 1.87 bits per heavy atom. The lowest BCUT2D eigenvalue weighted by molar-refractivity contribution is -0.0208. The molecule has 122 valence electrons. The summed E-state index contributed by atoms with van der Waals surface area (Å²) in [5, 5.41) is 29.1. The third kappa shape index (κ3) is 3.07. The number of benzene rings is 1. The summed E-state index contributed by atoms with van der Waals surface area (Å²) in [6.07, 6.45) is 1.41. The van der Waals surface area contributed by atoms with E-state index in [1.165, 1.54) is 6.26 Å². The minimum Gasteiger partial charge on any atom is -0.463 e. The molecule has 0 aliphatic carbocycles. The molecule has 6 heteroatoms. The minimum absolute atomic E-state index is 0.135. The molecule has 1 aromatic heterocycles. The van der Waals surface area contributed by atoms with Crippen LogP contribution in [0, 0.1) is 0 Å². The molecule has 1 saturated heterocycles. The number of rotatable bonds is 4. The predicted octanol–water partition coefficient (Wildman–Crippen LogP) is 0.678.